The van der Waals surface area contributed by atoms with Gasteiger partial charge >= 0.3 is 5.69 Å². The van der Waals surface area contributed by atoms with Crippen molar-refractivity contribution in [2.45, 2.75) is 26.2 Å². The number of carbonyl (C=O) groups excluding carboxylic acids is 1. The van der Waals surface area contributed by atoms with E-state index in [0.29, 0.717) is 0 Å². The third-order valence-electron chi connectivity index (χ3n) is 1.36. The van der Waals surface area contributed by atoms with E-state index in [1.54, 1.807) is 0 Å². The van der Waals surface area contributed by atoms with E-state index in [1.165, 1.54) is 12.3 Å². The summed E-state index contributed by atoms with van der Waals surface area (Å²) in [7, 11) is 0. The Morgan fingerprint density at radius 2 is 2.14 bits per heavy atom. The van der Waals surface area contributed by atoms with Gasteiger partial charge in [0.1, 0.15) is 6.29 Å². The minimum absolute atomic E-state index is 0.381. The molecule has 0 bridgehead atoms. The van der Waals surface area contributed by atoms with Crippen LogP contribution in [0.1, 0.15) is 26.2 Å². The summed E-state index contributed by atoms with van der Waals surface area (Å²) in [5.74, 6) is 0. The zero-order valence-corrected chi connectivity index (χ0v) is 8.08. The standard InChI is InChI=1S/C5H10O.C4H4N2O2/c1-2-3-4-5-6;7-3-1-2-5-4(8)6-3/h5H,2-4H2,1H3;1-2H,(H2,5,6,7,8). The quantitative estimate of drug-likeness (QED) is 0.546. The summed E-state index contributed by atoms with van der Waals surface area (Å²) in [4.78, 5) is 34.2. The molecule has 14 heavy (non-hydrogen) atoms. The van der Waals surface area contributed by atoms with Crippen LogP contribution in [0.2, 0.25) is 0 Å². The number of aromatic amines is 2. The molecular formula is C9H14N2O3. The van der Waals surface area contributed by atoms with Crippen molar-refractivity contribution in [3.8, 4) is 0 Å². The number of aldehydes is 1. The first-order valence-corrected chi connectivity index (χ1v) is 4.42. The van der Waals surface area contributed by atoms with Crippen LogP contribution in [0.5, 0.6) is 0 Å². The zero-order chi connectivity index (χ0) is 10.8. The Morgan fingerprint density at radius 3 is 2.43 bits per heavy atom. The third kappa shape index (κ3) is 7.02. The average Bonchev–Trinajstić information content (AvgIpc) is 2.15. The van der Waals surface area contributed by atoms with Crippen molar-refractivity contribution in [3.05, 3.63) is 33.1 Å². The number of rotatable bonds is 3. The van der Waals surface area contributed by atoms with Crippen LogP contribution in [-0.2, 0) is 4.79 Å². The molecule has 5 heteroatoms. The molecule has 0 aliphatic rings. The van der Waals surface area contributed by atoms with Crippen LogP contribution >= 0.6 is 0 Å². The normalized spacial score (nSPS) is 8.64. The Bertz CT molecular complexity index is 328. The number of hydrogen-bond acceptors (Lipinski definition) is 3. The molecule has 1 heterocycles. The summed E-state index contributed by atoms with van der Waals surface area (Å²) < 4.78 is 0. The van der Waals surface area contributed by atoms with E-state index >= 15 is 0 Å². The molecule has 1 rings (SSSR count). The minimum atomic E-state index is -0.475. The number of nitrogens with one attached hydrogen (secondary N) is 2. The molecule has 0 atom stereocenters. The number of H-pyrrole nitrogens is 2. The first kappa shape index (κ1) is 12.3. The lowest BCUT2D eigenvalue weighted by Gasteiger charge is -1.79. The molecule has 1 aromatic rings. The molecule has 1 aromatic heterocycles. The van der Waals surface area contributed by atoms with Crippen LogP contribution < -0.4 is 11.2 Å². The smallest absolute Gasteiger partial charge is 0.314 e. The van der Waals surface area contributed by atoms with Crippen LogP contribution in [0.15, 0.2) is 21.9 Å². The first-order chi connectivity index (χ1) is 6.70. The highest BCUT2D eigenvalue weighted by molar-refractivity contribution is 5.48. The lowest BCUT2D eigenvalue weighted by molar-refractivity contribution is -0.107. The van der Waals surface area contributed by atoms with Crippen molar-refractivity contribution >= 4 is 6.29 Å². The summed E-state index contributed by atoms with van der Waals surface area (Å²) in [6.07, 6.45) is 5.16. The zero-order valence-electron chi connectivity index (χ0n) is 8.08. The molecule has 78 valence electrons. The molecule has 5 nitrogen and oxygen atoms in total. The maximum absolute atomic E-state index is 10.2. The topological polar surface area (TPSA) is 82.8 Å². The third-order valence-corrected chi connectivity index (χ3v) is 1.36. The van der Waals surface area contributed by atoms with Gasteiger partial charge in [0.25, 0.3) is 5.56 Å². The number of hydrogen-bond donors (Lipinski definition) is 2. The van der Waals surface area contributed by atoms with Crippen molar-refractivity contribution in [1.29, 1.82) is 0 Å². The molecule has 0 saturated carbocycles. The van der Waals surface area contributed by atoms with E-state index in [-0.39, 0.29) is 5.56 Å². The van der Waals surface area contributed by atoms with Gasteiger partial charge in [0.2, 0.25) is 0 Å². The highest BCUT2D eigenvalue weighted by atomic mass is 16.2. The van der Waals surface area contributed by atoms with Gasteiger partial charge in [-0.1, -0.05) is 13.3 Å². The number of carbonyl (C=O) groups is 1. The second-order valence-corrected chi connectivity index (χ2v) is 2.60. The van der Waals surface area contributed by atoms with Crippen LogP contribution in [0.3, 0.4) is 0 Å². The predicted molar refractivity (Wildman–Crippen MR) is 53.3 cm³/mol. The fraction of sp³-hybridized carbons (Fsp3) is 0.444. The Balaban J connectivity index is 0.000000255. The van der Waals surface area contributed by atoms with E-state index in [4.69, 9.17) is 0 Å². The molecule has 0 amide bonds. The van der Waals surface area contributed by atoms with E-state index in [0.717, 1.165) is 25.5 Å². The Kier molecular flexibility index (Phi) is 7.03. The van der Waals surface area contributed by atoms with E-state index in [1.807, 2.05) is 4.98 Å². The molecule has 0 saturated heterocycles. The van der Waals surface area contributed by atoms with Gasteiger partial charge in [-0.2, -0.15) is 0 Å². The molecule has 0 fully saturated rings. The highest BCUT2D eigenvalue weighted by Gasteiger charge is 1.78. The molecule has 0 spiro atoms. The van der Waals surface area contributed by atoms with Crippen molar-refractivity contribution in [3.63, 3.8) is 0 Å². The monoisotopic (exact) mass is 198 g/mol. The summed E-state index contributed by atoms with van der Waals surface area (Å²) in [6, 6.07) is 1.24. The molecule has 2 N–H and O–H groups in total. The van der Waals surface area contributed by atoms with Gasteiger partial charge in [0, 0.05) is 18.7 Å². The lowest BCUT2D eigenvalue weighted by Crippen LogP contribution is -2.19. The average molecular weight is 198 g/mol. The number of aromatic nitrogens is 2. The lowest BCUT2D eigenvalue weighted by atomic mass is 10.3. The minimum Gasteiger partial charge on any atom is -0.314 e. The van der Waals surface area contributed by atoms with E-state index in [9.17, 15) is 14.4 Å². The van der Waals surface area contributed by atoms with E-state index < -0.39 is 5.69 Å². The Labute approximate surface area is 81.2 Å². The summed E-state index contributed by atoms with van der Waals surface area (Å²) in [5, 5.41) is 0. The second-order valence-electron chi connectivity index (χ2n) is 2.60. The van der Waals surface area contributed by atoms with Gasteiger partial charge in [-0.25, -0.2) is 4.79 Å². The summed E-state index contributed by atoms with van der Waals surface area (Å²) >= 11 is 0. The van der Waals surface area contributed by atoms with Crippen molar-refractivity contribution < 1.29 is 4.79 Å². The van der Waals surface area contributed by atoms with Gasteiger partial charge in [0.05, 0.1) is 0 Å². The predicted octanol–water partition coefficient (Wildman–Crippen LogP) is 0.439. The van der Waals surface area contributed by atoms with Crippen LogP contribution in [0.4, 0.5) is 0 Å². The van der Waals surface area contributed by atoms with Crippen LogP contribution in [-0.4, -0.2) is 16.3 Å². The van der Waals surface area contributed by atoms with Crippen LogP contribution in [0, 0.1) is 0 Å². The van der Waals surface area contributed by atoms with Crippen molar-refractivity contribution in [2.75, 3.05) is 0 Å². The van der Waals surface area contributed by atoms with Crippen LogP contribution in [0.25, 0.3) is 0 Å². The van der Waals surface area contributed by atoms with E-state index in [2.05, 4.69) is 11.9 Å². The van der Waals surface area contributed by atoms with Gasteiger partial charge in [-0.15, -0.1) is 0 Å². The van der Waals surface area contributed by atoms with Gasteiger partial charge in [-0.3, -0.25) is 9.78 Å². The molecule has 0 unspecified atom stereocenters. The molecule has 0 radical (unpaired) electrons. The summed E-state index contributed by atoms with van der Waals surface area (Å²) in [5.41, 5.74) is -0.855. The maximum Gasteiger partial charge on any atom is 0.325 e. The van der Waals surface area contributed by atoms with Gasteiger partial charge in [0.15, 0.2) is 0 Å². The largest absolute Gasteiger partial charge is 0.325 e. The van der Waals surface area contributed by atoms with Crippen molar-refractivity contribution in [2.24, 2.45) is 0 Å². The highest BCUT2D eigenvalue weighted by Crippen LogP contribution is 1.87. The maximum atomic E-state index is 10.2. The number of unbranched alkanes of at least 4 members (excludes halogenated alkanes) is 2. The van der Waals surface area contributed by atoms with Gasteiger partial charge in [-0.05, 0) is 6.42 Å². The summed E-state index contributed by atoms with van der Waals surface area (Å²) in [6.45, 7) is 2.07. The fourth-order valence-corrected chi connectivity index (χ4v) is 0.670. The SMILES string of the molecule is CCCCC=O.O=c1cc[nH]c(=O)[nH]1. The molecule has 0 aliphatic heterocycles. The molecule has 0 aliphatic carbocycles. The second kappa shape index (κ2) is 7.97. The Hall–Kier alpha value is -1.65. The first-order valence-electron chi connectivity index (χ1n) is 4.42. The van der Waals surface area contributed by atoms with Crippen molar-refractivity contribution in [1.82, 2.24) is 9.97 Å². The Morgan fingerprint density at radius 1 is 1.43 bits per heavy atom. The van der Waals surface area contributed by atoms with Gasteiger partial charge < -0.3 is 9.78 Å². The fourth-order valence-electron chi connectivity index (χ4n) is 0.670. The molecular weight excluding hydrogens is 184 g/mol. The molecule has 0 aromatic carbocycles.